The molecule has 212 valence electrons. The van der Waals surface area contributed by atoms with Crippen LogP contribution in [-0.2, 0) is 41.1 Å². The molecule has 2 aliphatic rings. The van der Waals surface area contributed by atoms with Crippen molar-refractivity contribution in [1.29, 1.82) is 0 Å². The number of ether oxygens (including phenoxy) is 2. The Morgan fingerprint density at radius 3 is 2.15 bits per heavy atom. The summed E-state index contributed by atoms with van der Waals surface area (Å²) in [5.74, 6) is 0. The molecular formula is C27H28F6N2O4. The van der Waals surface area contributed by atoms with E-state index in [1.54, 1.807) is 11.8 Å². The fourth-order valence-corrected chi connectivity index (χ4v) is 5.15. The van der Waals surface area contributed by atoms with Gasteiger partial charge in [-0.3, -0.25) is 4.90 Å². The van der Waals surface area contributed by atoms with E-state index in [-0.39, 0.29) is 30.7 Å². The Hall–Kier alpha value is -3.44. The Labute approximate surface area is 221 Å². The SMILES string of the molecule is CCOC(=O)N1c2cc3c(cc2[C@@H](NC(=O)OCCc2cc(C(F)(F)F)cc(C(F)(F)F)c2)C[C@H]1C)CCC3. The van der Waals surface area contributed by atoms with Crippen LogP contribution in [0, 0.1) is 0 Å². The van der Waals surface area contributed by atoms with Crippen LogP contribution in [0.4, 0.5) is 41.6 Å². The Kier molecular flexibility index (Phi) is 8.04. The van der Waals surface area contributed by atoms with Crippen LogP contribution in [-0.4, -0.2) is 31.4 Å². The van der Waals surface area contributed by atoms with Crippen molar-refractivity contribution in [2.45, 2.75) is 70.4 Å². The highest BCUT2D eigenvalue weighted by molar-refractivity contribution is 5.91. The van der Waals surface area contributed by atoms with Gasteiger partial charge in [0.05, 0.1) is 36.1 Å². The van der Waals surface area contributed by atoms with Gasteiger partial charge in [-0.2, -0.15) is 26.3 Å². The van der Waals surface area contributed by atoms with E-state index in [0.29, 0.717) is 29.8 Å². The second-order valence-electron chi connectivity index (χ2n) is 9.68. The number of rotatable bonds is 5. The van der Waals surface area contributed by atoms with Gasteiger partial charge in [0, 0.05) is 12.5 Å². The summed E-state index contributed by atoms with van der Waals surface area (Å²) in [4.78, 5) is 26.9. The standard InChI is InChI=1S/C27H28F6N2O4/c1-3-38-25(37)35-15(2)9-22(21-12-17-5-4-6-18(17)13-23(21)35)34-24(36)39-8-7-16-10-19(26(28,29)30)14-20(11-16)27(31,32)33/h10-15,22H,3-9H2,1-2H3,(H,34,36)/t15-,22+/m1/s1. The molecule has 0 aromatic heterocycles. The lowest BCUT2D eigenvalue weighted by Gasteiger charge is -2.39. The van der Waals surface area contributed by atoms with Crippen LogP contribution in [0.5, 0.6) is 0 Å². The molecule has 2 aromatic rings. The smallest absolute Gasteiger partial charge is 0.416 e. The van der Waals surface area contributed by atoms with E-state index in [1.807, 2.05) is 19.1 Å². The number of fused-ring (bicyclic) bond motifs is 2. The van der Waals surface area contributed by atoms with E-state index in [0.717, 1.165) is 30.4 Å². The number of nitrogens with one attached hydrogen (secondary N) is 1. The summed E-state index contributed by atoms with van der Waals surface area (Å²) in [6.07, 6.45) is -8.57. The summed E-state index contributed by atoms with van der Waals surface area (Å²) in [6, 6.07) is 4.32. The molecule has 0 unspecified atom stereocenters. The molecule has 6 nitrogen and oxygen atoms in total. The molecule has 1 aliphatic heterocycles. The highest BCUT2D eigenvalue weighted by Crippen LogP contribution is 2.41. The third-order valence-corrected chi connectivity index (χ3v) is 6.92. The van der Waals surface area contributed by atoms with E-state index in [1.165, 1.54) is 0 Å². The van der Waals surface area contributed by atoms with Gasteiger partial charge in [0.1, 0.15) is 0 Å². The highest BCUT2D eigenvalue weighted by Gasteiger charge is 2.38. The summed E-state index contributed by atoms with van der Waals surface area (Å²) in [5.41, 5.74) is 0.470. The highest BCUT2D eigenvalue weighted by atomic mass is 19.4. The number of aryl methyl sites for hydroxylation is 2. The van der Waals surface area contributed by atoms with Gasteiger partial charge >= 0.3 is 24.5 Å². The predicted molar refractivity (Wildman–Crippen MR) is 129 cm³/mol. The fourth-order valence-electron chi connectivity index (χ4n) is 5.15. The molecule has 0 saturated heterocycles. The molecule has 1 heterocycles. The summed E-state index contributed by atoms with van der Waals surface area (Å²) in [5, 5.41) is 2.75. The average molecular weight is 559 g/mol. The quantitative estimate of drug-likeness (QED) is 0.402. The van der Waals surface area contributed by atoms with Crippen molar-refractivity contribution in [3.8, 4) is 0 Å². The van der Waals surface area contributed by atoms with Crippen LogP contribution < -0.4 is 10.2 Å². The zero-order valence-corrected chi connectivity index (χ0v) is 21.3. The maximum absolute atomic E-state index is 13.1. The van der Waals surface area contributed by atoms with Crippen molar-refractivity contribution < 1.29 is 45.4 Å². The first kappa shape index (κ1) is 28.6. The first-order valence-electron chi connectivity index (χ1n) is 12.6. The van der Waals surface area contributed by atoms with Crippen LogP contribution in [0.15, 0.2) is 30.3 Å². The maximum atomic E-state index is 13.1. The van der Waals surface area contributed by atoms with E-state index in [4.69, 9.17) is 9.47 Å². The number of carbonyl (C=O) groups is 2. The number of halogens is 6. The molecule has 39 heavy (non-hydrogen) atoms. The largest absolute Gasteiger partial charge is 0.449 e. The topological polar surface area (TPSA) is 67.9 Å². The van der Waals surface area contributed by atoms with Gasteiger partial charge < -0.3 is 14.8 Å². The normalized spacial score (nSPS) is 18.8. The number of hydrogen-bond acceptors (Lipinski definition) is 4. The van der Waals surface area contributed by atoms with Crippen molar-refractivity contribution in [3.05, 3.63) is 63.7 Å². The number of amides is 2. The molecule has 0 spiro atoms. The molecule has 4 rings (SSSR count). The Morgan fingerprint density at radius 1 is 0.949 bits per heavy atom. The van der Waals surface area contributed by atoms with Gasteiger partial charge in [0.2, 0.25) is 0 Å². The number of alkyl halides is 6. The van der Waals surface area contributed by atoms with E-state index in [2.05, 4.69) is 5.32 Å². The molecule has 1 N–H and O–H groups in total. The van der Waals surface area contributed by atoms with Crippen LogP contribution >= 0.6 is 0 Å². The predicted octanol–water partition coefficient (Wildman–Crippen LogP) is 6.98. The lowest BCUT2D eigenvalue weighted by molar-refractivity contribution is -0.143. The fraction of sp³-hybridized carbons (Fsp3) is 0.481. The molecule has 0 radical (unpaired) electrons. The second kappa shape index (κ2) is 11.0. The molecule has 0 fully saturated rings. The molecule has 2 aromatic carbocycles. The van der Waals surface area contributed by atoms with Gasteiger partial charge in [0.25, 0.3) is 0 Å². The lowest BCUT2D eigenvalue weighted by Crippen LogP contribution is -2.46. The minimum atomic E-state index is -4.96. The van der Waals surface area contributed by atoms with Gasteiger partial charge in [0.15, 0.2) is 0 Å². The minimum absolute atomic E-state index is 0.0507. The first-order valence-corrected chi connectivity index (χ1v) is 12.6. The van der Waals surface area contributed by atoms with Crippen molar-refractivity contribution in [2.75, 3.05) is 18.1 Å². The van der Waals surface area contributed by atoms with Gasteiger partial charge in [-0.1, -0.05) is 6.07 Å². The number of hydrogen-bond donors (Lipinski definition) is 1. The summed E-state index contributed by atoms with van der Waals surface area (Å²) in [6.45, 7) is 3.30. The van der Waals surface area contributed by atoms with Crippen LogP contribution in [0.2, 0.25) is 0 Å². The number of alkyl carbamates (subject to hydrolysis) is 1. The van der Waals surface area contributed by atoms with E-state index >= 15 is 0 Å². The summed E-state index contributed by atoms with van der Waals surface area (Å²) >= 11 is 0. The number of carbonyl (C=O) groups excluding carboxylic acids is 2. The number of anilines is 1. The summed E-state index contributed by atoms with van der Waals surface area (Å²) in [7, 11) is 0. The van der Waals surface area contributed by atoms with Crippen molar-refractivity contribution in [3.63, 3.8) is 0 Å². The van der Waals surface area contributed by atoms with E-state index < -0.39 is 48.3 Å². The third-order valence-electron chi connectivity index (χ3n) is 6.92. The molecule has 2 amide bonds. The van der Waals surface area contributed by atoms with Crippen molar-refractivity contribution >= 4 is 17.9 Å². The monoisotopic (exact) mass is 558 g/mol. The van der Waals surface area contributed by atoms with E-state index in [9.17, 15) is 35.9 Å². The Morgan fingerprint density at radius 2 is 1.56 bits per heavy atom. The van der Waals surface area contributed by atoms with Crippen LogP contribution in [0.25, 0.3) is 0 Å². The molecule has 1 aliphatic carbocycles. The zero-order valence-electron chi connectivity index (χ0n) is 21.3. The minimum Gasteiger partial charge on any atom is -0.449 e. The Balaban J connectivity index is 1.47. The first-order chi connectivity index (χ1) is 18.3. The van der Waals surface area contributed by atoms with Gasteiger partial charge in [-0.15, -0.1) is 0 Å². The summed E-state index contributed by atoms with van der Waals surface area (Å²) < 4.78 is 89.0. The molecule has 0 saturated carbocycles. The maximum Gasteiger partial charge on any atom is 0.416 e. The number of benzene rings is 2. The van der Waals surface area contributed by atoms with Crippen molar-refractivity contribution in [2.24, 2.45) is 0 Å². The van der Waals surface area contributed by atoms with Crippen LogP contribution in [0.3, 0.4) is 0 Å². The van der Waals surface area contributed by atoms with Gasteiger partial charge in [-0.25, -0.2) is 9.59 Å². The molecule has 0 bridgehead atoms. The second-order valence-corrected chi connectivity index (χ2v) is 9.68. The van der Waals surface area contributed by atoms with Gasteiger partial charge in [-0.05, 0) is 86.1 Å². The molecular weight excluding hydrogens is 530 g/mol. The number of nitrogens with zero attached hydrogens (tertiary/aromatic N) is 1. The molecule has 12 heteroatoms. The zero-order chi connectivity index (χ0) is 28.5. The Bertz CT molecular complexity index is 1210. The average Bonchev–Trinajstić information content (AvgIpc) is 3.29. The van der Waals surface area contributed by atoms with Crippen LogP contribution in [0.1, 0.15) is 66.1 Å². The van der Waals surface area contributed by atoms with Crippen molar-refractivity contribution in [1.82, 2.24) is 5.32 Å². The lowest BCUT2D eigenvalue weighted by atomic mass is 9.89. The third kappa shape index (κ3) is 6.42. The molecule has 2 atom stereocenters.